The molecule has 1 aromatic carbocycles. The number of ketones is 1. The first-order valence-electron chi connectivity index (χ1n) is 10.0. The van der Waals surface area contributed by atoms with Gasteiger partial charge in [0, 0.05) is 24.7 Å². The Bertz CT molecular complexity index is 778. The number of fused-ring (bicyclic) bond motifs is 1. The summed E-state index contributed by atoms with van der Waals surface area (Å²) in [6.45, 7) is 10.6. The number of carbonyl (C=O) groups excluding carboxylic acids is 4. The standard InChI is InChI=1S/C13H16O2.C5H10N2O2.C4H7NO.CH4O/c1-9(14)10-4-5-12-11(8-10)6-7-13(2,3)15-12;6-4(3-8)1-2-5(7)9;1-3(2)4(5)6;1-2/h4-5,8H,6-7H2,1-3H3;3-4H,1-2,6H2,(H2,7,9);1H2,2H3,(H2,5,6);2H,1H3/t;4-;;/m.0../s1. The van der Waals surface area contributed by atoms with Crippen LogP contribution in [0.1, 0.15) is 62.9 Å². The van der Waals surface area contributed by atoms with Gasteiger partial charge in [0.15, 0.2) is 5.78 Å². The van der Waals surface area contributed by atoms with E-state index in [9.17, 15) is 19.2 Å². The number of hydrogen-bond acceptors (Lipinski definition) is 7. The number of Topliss-reactive ketones (excluding diaryl/α,β-unsaturated/α-hetero) is 1. The van der Waals surface area contributed by atoms with Crippen LogP contribution in [0.2, 0.25) is 0 Å². The number of aryl methyl sites for hydroxylation is 1. The molecule has 1 heterocycles. The van der Waals surface area contributed by atoms with Crippen LogP contribution in [0, 0.1) is 0 Å². The Hall–Kier alpha value is -3.04. The number of nitrogens with two attached hydrogens (primary N) is 3. The van der Waals surface area contributed by atoms with Crippen LogP contribution in [0.25, 0.3) is 0 Å². The van der Waals surface area contributed by atoms with Crippen molar-refractivity contribution in [2.75, 3.05) is 7.11 Å². The van der Waals surface area contributed by atoms with E-state index >= 15 is 0 Å². The number of amides is 2. The van der Waals surface area contributed by atoms with E-state index in [4.69, 9.17) is 27.0 Å². The highest BCUT2D eigenvalue weighted by Gasteiger charge is 2.26. The van der Waals surface area contributed by atoms with Crippen molar-refractivity contribution in [2.24, 2.45) is 17.2 Å². The van der Waals surface area contributed by atoms with Gasteiger partial charge in [0.25, 0.3) is 0 Å². The second-order valence-corrected chi connectivity index (χ2v) is 7.69. The summed E-state index contributed by atoms with van der Waals surface area (Å²) in [4.78, 5) is 41.0. The van der Waals surface area contributed by atoms with Gasteiger partial charge in [-0.25, -0.2) is 0 Å². The van der Waals surface area contributed by atoms with E-state index in [1.165, 1.54) is 0 Å². The molecule has 7 N–H and O–H groups in total. The van der Waals surface area contributed by atoms with Crippen molar-refractivity contribution in [1.29, 1.82) is 0 Å². The van der Waals surface area contributed by atoms with E-state index in [2.05, 4.69) is 20.4 Å². The third-order valence-electron chi connectivity index (χ3n) is 4.17. The molecule has 9 nitrogen and oxygen atoms in total. The first-order chi connectivity index (χ1) is 14.8. The lowest BCUT2D eigenvalue weighted by Gasteiger charge is -2.32. The molecule has 2 amide bonds. The molecule has 0 aromatic heterocycles. The molecule has 0 saturated heterocycles. The van der Waals surface area contributed by atoms with Crippen LogP contribution >= 0.6 is 0 Å². The van der Waals surface area contributed by atoms with Crippen molar-refractivity contribution in [2.45, 2.75) is 65.0 Å². The van der Waals surface area contributed by atoms with Crippen molar-refractivity contribution in [1.82, 2.24) is 0 Å². The maximum atomic E-state index is 11.2. The Balaban J connectivity index is 0. The minimum Gasteiger partial charge on any atom is -0.488 e. The lowest BCUT2D eigenvalue weighted by atomic mass is 9.93. The van der Waals surface area contributed by atoms with Crippen molar-refractivity contribution < 1.29 is 29.0 Å². The third kappa shape index (κ3) is 14.1. The highest BCUT2D eigenvalue weighted by molar-refractivity contribution is 5.94. The van der Waals surface area contributed by atoms with E-state index in [1.54, 1.807) is 13.8 Å². The summed E-state index contributed by atoms with van der Waals surface area (Å²) in [6.07, 6.45) is 3.12. The van der Waals surface area contributed by atoms with Crippen LogP contribution in [0.4, 0.5) is 0 Å². The number of benzene rings is 1. The van der Waals surface area contributed by atoms with E-state index in [0.717, 1.165) is 36.8 Å². The van der Waals surface area contributed by atoms with Gasteiger partial charge < -0.3 is 31.8 Å². The summed E-state index contributed by atoms with van der Waals surface area (Å²) in [5.74, 6) is 0.182. The lowest BCUT2D eigenvalue weighted by Crippen LogP contribution is -2.32. The number of carbonyl (C=O) groups is 4. The highest BCUT2D eigenvalue weighted by Crippen LogP contribution is 2.33. The normalized spacial score (nSPS) is 13.5. The zero-order chi connectivity index (χ0) is 25.5. The smallest absolute Gasteiger partial charge is 0.243 e. The number of hydrogen-bond donors (Lipinski definition) is 4. The average molecular weight is 452 g/mol. The number of aliphatic hydroxyl groups excluding tert-OH is 1. The number of ether oxygens (including phenoxy) is 1. The van der Waals surface area contributed by atoms with Crippen molar-refractivity contribution in [3.05, 3.63) is 41.5 Å². The van der Waals surface area contributed by atoms with Gasteiger partial charge in [-0.05, 0) is 70.7 Å². The van der Waals surface area contributed by atoms with Gasteiger partial charge in [-0.2, -0.15) is 0 Å². The Morgan fingerprint density at radius 1 is 1.22 bits per heavy atom. The van der Waals surface area contributed by atoms with Crippen LogP contribution in [-0.2, 0) is 20.8 Å². The van der Waals surface area contributed by atoms with Crippen LogP contribution in [0.3, 0.4) is 0 Å². The molecule has 0 radical (unpaired) electrons. The van der Waals surface area contributed by atoms with Crippen molar-refractivity contribution in [3.8, 4) is 5.75 Å². The topological polar surface area (TPSA) is 176 Å². The molecule has 1 aromatic rings. The fourth-order valence-electron chi connectivity index (χ4n) is 2.25. The van der Waals surface area contributed by atoms with Gasteiger partial charge in [0.1, 0.15) is 17.6 Å². The number of primary amides is 2. The predicted molar refractivity (Wildman–Crippen MR) is 124 cm³/mol. The molecule has 9 heteroatoms. The summed E-state index contributed by atoms with van der Waals surface area (Å²) < 4.78 is 5.84. The fourth-order valence-corrected chi connectivity index (χ4v) is 2.25. The van der Waals surface area contributed by atoms with Gasteiger partial charge in [-0.15, -0.1) is 0 Å². The number of aldehydes is 1. The van der Waals surface area contributed by atoms with Crippen molar-refractivity contribution >= 4 is 23.9 Å². The molecule has 0 saturated carbocycles. The molecule has 1 aliphatic heterocycles. The summed E-state index contributed by atoms with van der Waals surface area (Å²) in [5.41, 5.74) is 16.9. The molecule has 0 aliphatic carbocycles. The molecule has 0 fully saturated rings. The maximum absolute atomic E-state index is 11.2. The quantitative estimate of drug-likeness (QED) is 0.287. The molecule has 0 unspecified atom stereocenters. The molecule has 0 bridgehead atoms. The Morgan fingerprint density at radius 3 is 2.16 bits per heavy atom. The summed E-state index contributed by atoms with van der Waals surface area (Å²) in [6, 6.07) is 5.15. The van der Waals surface area contributed by atoms with Crippen molar-refractivity contribution in [3.63, 3.8) is 0 Å². The molecular weight excluding hydrogens is 414 g/mol. The zero-order valence-corrected chi connectivity index (χ0v) is 19.6. The molecule has 32 heavy (non-hydrogen) atoms. The molecule has 1 atom stereocenters. The number of aliphatic hydroxyl groups is 1. The minimum atomic E-state index is -0.544. The van der Waals surface area contributed by atoms with Crippen LogP contribution < -0.4 is 21.9 Å². The van der Waals surface area contributed by atoms with E-state index in [1.807, 2.05) is 18.2 Å². The second kappa shape index (κ2) is 15.7. The highest BCUT2D eigenvalue weighted by atomic mass is 16.5. The maximum Gasteiger partial charge on any atom is 0.243 e. The Kier molecular flexibility index (Phi) is 15.3. The monoisotopic (exact) mass is 451 g/mol. The van der Waals surface area contributed by atoms with E-state index < -0.39 is 17.9 Å². The first-order valence-corrected chi connectivity index (χ1v) is 10.0. The fraction of sp³-hybridized carbons (Fsp3) is 0.478. The predicted octanol–water partition coefficient (Wildman–Crippen LogP) is 1.43. The van der Waals surface area contributed by atoms with Gasteiger partial charge >= 0.3 is 0 Å². The van der Waals surface area contributed by atoms with Crippen LogP contribution in [0.15, 0.2) is 30.4 Å². The SMILES string of the molecule is C=C(C)C(N)=O.CC(=O)c1ccc2c(c1)CCC(C)(C)O2.CO.NC(=O)CC[C@H](N)C=O. The minimum absolute atomic E-state index is 0.0786. The lowest BCUT2D eigenvalue weighted by molar-refractivity contribution is -0.118. The number of rotatable bonds is 6. The molecule has 1 aliphatic rings. The summed E-state index contributed by atoms with van der Waals surface area (Å²) in [5, 5.41) is 7.00. The Labute approximate surface area is 190 Å². The Morgan fingerprint density at radius 2 is 1.75 bits per heavy atom. The molecule has 0 spiro atoms. The second-order valence-electron chi connectivity index (χ2n) is 7.69. The average Bonchev–Trinajstić information content (AvgIpc) is 2.73. The molecular formula is C23H37N3O6. The first kappa shape index (κ1) is 31.1. The van der Waals surface area contributed by atoms with Gasteiger partial charge in [-0.1, -0.05) is 6.58 Å². The van der Waals surface area contributed by atoms with Gasteiger partial charge in [0.05, 0.1) is 6.04 Å². The molecule has 180 valence electrons. The van der Waals surface area contributed by atoms with E-state index in [-0.39, 0.29) is 17.8 Å². The summed E-state index contributed by atoms with van der Waals surface area (Å²) >= 11 is 0. The zero-order valence-electron chi connectivity index (χ0n) is 19.6. The van der Waals surface area contributed by atoms with E-state index in [0.29, 0.717) is 18.3 Å². The van der Waals surface area contributed by atoms with Gasteiger partial charge in [-0.3, -0.25) is 14.4 Å². The van der Waals surface area contributed by atoms with Gasteiger partial charge in [0.2, 0.25) is 11.8 Å². The molecule has 2 rings (SSSR count). The largest absolute Gasteiger partial charge is 0.488 e. The summed E-state index contributed by atoms with van der Waals surface area (Å²) in [7, 11) is 1.00. The van der Waals surface area contributed by atoms with Crippen LogP contribution in [-0.4, -0.2) is 47.7 Å². The third-order valence-corrected chi connectivity index (χ3v) is 4.17. The van der Waals surface area contributed by atoms with Crippen LogP contribution in [0.5, 0.6) is 5.75 Å².